The molecule has 0 spiro atoms. The van der Waals surface area contributed by atoms with E-state index in [1.807, 2.05) is 0 Å². The van der Waals surface area contributed by atoms with Crippen molar-refractivity contribution in [1.82, 2.24) is 20.1 Å². The van der Waals surface area contributed by atoms with Crippen molar-refractivity contribution in [3.05, 3.63) is 12.2 Å². The van der Waals surface area contributed by atoms with E-state index < -0.39 is 0 Å². The molecule has 5 nitrogen and oxygen atoms in total. The number of nitrogens with one attached hydrogen (secondary N) is 1. The molecule has 1 aromatic heterocycles. The highest BCUT2D eigenvalue weighted by molar-refractivity contribution is 4.86. The van der Waals surface area contributed by atoms with E-state index in [4.69, 9.17) is 4.74 Å². The predicted molar refractivity (Wildman–Crippen MR) is 63.3 cm³/mol. The number of methoxy groups -OCH3 is 1. The van der Waals surface area contributed by atoms with Gasteiger partial charge in [-0.3, -0.25) is 0 Å². The summed E-state index contributed by atoms with van der Waals surface area (Å²) < 4.78 is 7.31. The van der Waals surface area contributed by atoms with Crippen molar-refractivity contribution in [2.45, 2.75) is 45.9 Å². The number of ether oxygens (including phenoxy) is 1. The van der Waals surface area contributed by atoms with E-state index in [1.54, 1.807) is 13.4 Å². The van der Waals surface area contributed by atoms with Crippen LogP contribution in [0.5, 0.6) is 0 Å². The van der Waals surface area contributed by atoms with Crippen molar-refractivity contribution < 1.29 is 4.74 Å². The Kier molecular flexibility index (Phi) is 5.42. The van der Waals surface area contributed by atoms with Crippen molar-refractivity contribution in [3.63, 3.8) is 0 Å². The van der Waals surface area contributed by atoms with E-state index >= 15 is 0 Å². The summed E-state index contributed by atoms with van der Waals surface area (Å²) in [6.07, 6.45) is 2.90. The fraction of sp³-hybridized carbons (Fsp3) is 0.818. The van der Waals surface area contributed by atoms with Gasteiger partial charge in [0.05, 0.1) is 6.10 Å². The lowest BCUT2D eigenvalue weighted by molar-refractivity contribution is 0.0889. The zero-order valence-corrected chi connectivity index (χ0v) is 10.6. The van der Waals surface area contributed by atoms with Gasteiger partial charge in [-0.2, -0.15) is 0 Å². The first-order chi connectivity index (χ1) is 7.69. The summed E-state index contributed by atoms with van der Waals surface area (Å²) in [4.78, 5) is 0. The molecule has 0 aromatic carbocycles. The van der Waals surface area contributed by atoms with Crippen LogP contribution in [-0.2, 0) is 17.7 Å². The Labute approximate surface area is 97.2 Å². The Hall–Kier alpha value is -0.940. The van der Waals surface area contributed by atoms with Gasteiger partial charge >= 0.3 is 0 Å². The molecule has 92 valence electrons. The summed E-state index contributed by atoms with van der Waals surface area (Å²) in [7, 11) is 1.73. The van der Waals surface area contributed by atoms with Crippen molar-refractivity contribution in [2.24, 2.45) is 0 Å². The molecule has 1 aromatic rings. The fourth-order valence-electron chi connectivity index (χ4n) is 1.52. The van der Waals surface area contributed by atoms with Crippen LogP contribution in [0.3, 0.4) is 0 Å². The average Bonchev–Trinajstić information content (AvgIpc) is 2.75. The van der Waals surface area contributed by atoms with E-state index in [9.17, 15) is 0 Å². The molecule has 0 saturated carbocycles. The van der Waals surface area contributed by atoms with Gasteiger partial charge in [0.2, 0.25) is 0 Å². The first-order valence-corrected chi connectivity index (χ1v) is 5.81. The van der Waals surface area contributed by atoms with Gasteiger partial charge in [0, 0.05) is 32.7 Å². The Bertz CT molecular complexity index is 300. The van der Waals surface area contributed by atoms with Crippen LogP contribution in [0.25, 0.3) is 0 Å². The van der Waals surface area contributed by atoms with Gasteiger partial charge in [0.15, 0.2) is 0 Å². The molecule has 0 aliphatic carbocycles. The summed E-state index contributed by atoms with van der Waals surface area (Å²) in [5.74, 6) is 1.03. The second kappa shape index (κ2) is 6.60. The first-order valence-electron chi connectivity index (χ1n) is 5.81. The molecule has 0 aliphatic rings. The minimum atomic E-state index is 0.226. The third kappa shape index (κ3) is 3.57. The smallest absolute Gasteiger partial charge is 0.134 e. The molecule has 0 amide bonds. The zero-order valence-electron chi connectivity index (χ0n) is 10.6. The Morgan fingerprint density at radius 3 is 2.88 bits per heavy atom. The standard InChI is InChI=1S/C11H22N4O/c1-5-15-8-13-14-11(15)6-7-12-9(2)10(3)16-4/h8-10,12H,5-7H2,1-4H3. The summed E-state index contributed by atoms with van der Waals surface area (Å²) in [6, 6.07) is 0.350. The van der Waals surface area contributed by atoms with Crippen molar-refractivity contribution >= 4 is 0 Å². The minimum absolute atomic E-state index is 0.226. The van der Waals surface area contributed by atoms with E-state index in [0.29, 0.717) is 6.04 Å². The molecule has 2 atom stereocenters. The van der Waals surface area contributed by atoms with Crippen LogP contribution in [0.4, 0.5) is 0 Å². The van der Waals surface area contributed by atoms with Gasteiger partial charge in [-0.25, -0.2) is 0 Å². The molecule has 0 radical (unpaired) electrons. The summed E-state index contributed by atoms with van der Waals surface area (Å²) in [5.41, 5.74) is 0. The SMILES string of the molecule is CCn1cnnc1CCNC(C)C(C)OC. The van der Waals surface area contributed by atoms with Crippen LogP contribution in [-0.4, -0.2) is 40.6 Å². The minimum Gasteiger partial charge on any atom is -0.380 e. The number of nitrogens with zero attached hydrogens (tertiary/aromatic N) is 3. The highest BCUT2D eigenvalue weighted by Gasteiger charge is 2.10. The fourth-order valence-corrected chi connectivity index (χ4v) is 1.52. The van der Waals surface area contributed by atoms with Gasteiger partial charge in [0.25, 0.3) is 0 Å². The second-order valence-electron chi connectivity index (χ2n) is 3.97. The van der Waals surface area contributed by atoms with Crippen LogP contribution < -0.4 is 5.32 Å². The lowest BCUT2D eigenvalue weighted by Crippen LogP contribution is -2.38. The van der Waals surface area contributed by atoms with Gasteiger partial charge < -0.3 is 14.6 Å². The molecular formula is C11H22N4O. The van der Waals surface area contributed by atoms with Crippen LogP contribution in [0.15, 0.2) is 6.33 Å². The molecule has 1 N–H and O–H groups in total. The Balaban J connectivity index is 2.30. The highest BCUT2D eigenvalue weighted by Crippen LogP contribution is 1.98. The number of rotatable bonds is 7. The number of hydrogen-bond acceptors (Lipinski definition) is 4. The maximum absolute atomic E-state index is 5.25. The van der Waals surface area contributed by atoms with E-state index in [0.717, 1.165) is 25.3 Å². The summed E-state index contributed by atoms with van der Waals surface area (Å²) in [5, 5.41) is 11.4. The molecular weight excluding hydrogens is 204 g/mol. The number of aromatic nitrogens is 3. The Morgan fingerprint density at radius 1 is 1.50 bits per heavy atom. The van der Waals surface area contributed by atoms with Gasteiger partial charge in [0.1, 0.15) is 12.2 Å². The molecule has 1 heterocycles. The maximum atomic E-state index is 5.25. The van der Waals surface area contributed by atoms with Gasteiger partial charge in [-0.05, 0) is 20.8 Å². The molecule has 0 fully saturated rings. The highest BCUT2D eigenvalue weighted by atomic mass is 16.5. The van der Waals surface area contributed by atoms with Crippen LogP contribution in [0.1, 0.15) is 26.6 Å². The lowest BCUT2D eigenvalue weighted by Gasteiger charge is -2.19. The van der Waals surface area contributed by atoms with Crippen molar-refractivity contribution in [1.29, 1.82) is 0 Å². The maximum Gasteiger partial charge on any atom is 0.134 e. The second-order valence-corrected chi connectivity index (χ2v) is 3.97. The molecule has 0 aliphatic heterocycles. The van der Waals surface area contributed by atoms with Gasteiger partial charge in [-0.15, -0.1) is 10.2 Å². The molecule has 1 rings (SSSR count). The lowest BCUT2D eigenvalue weighted by atomic mass is 10.2. The quantitative estimate of drug-likeness (QED) is 0.749. The predicted octanol–water partition coefficient (Wildman–Crippen LogP) is 0.853. The topological polar surface area (TPSA) is 52.0 Å². The molecule has 16 heavy (non-hydrogen) atoms. The third-order valence-corrected chi connectivity index (χ3v) is 2.93. The molecule has 5 heteroatoms. The van der Waals surface area contributed by atoms with Crippen molar-refractivity contribution in [3.8, 4) is 0 Å². The normalized spacial score (nSPS) is 15.0. The Morgan fingerprint density at radius 2 is 2.25 bits per heavy atom. The van der Waals surface area contributed by atoms with Crippen LogP contribution in [0, 0.1) is 0 Å². The largest absolute Gasteiger partial charge is 0.380 e. The molecule has 0 saturated heterocycles. The van der Waals surface area contributed by atoms with E-state index in [-0.39, 0.29) is 6.10 Å². The number of aryl methyl sites for hydroxylation is 1. The first kappa shape index (κ1) is 13.1. The van der Waals surface area contributed by atoms with Gasteiger partial charge in [-0.1, -0.05) is 0 Å². The van der Waals surface area contributed by atoms with E-state index in [2.05, 4.69) is 40.9 Å². The summed E-state index contributed by atoms with van der Waals surface area (Å²) >= 11 is 0. The van der Waals surface area contributed by atoms with Crippen LogP contribution >= 0.6 is 0 Å². The molecule has 0 bridgehead atoms. The number of hydrogen-bond donors (Lipinski definition) is 1. The summed E-state index contributed by atoms with van der Waals surface area (Å²) in [6.45, 7) is 8.10. The van der Waals surface area contributed by atoms with E-state index in [1.165, 1.54) is 0 Å². The van der Waals surface area contributed by atoms with Crippen LogP contribution in [0.2, 0.25) is 0 Å². The zero-order chi connectivity index (χ0) is 12.0. The van der Waals surface area contributed by atoms with Crippen molar-refractivity contribution in [2.75, 3.05) is 13.7 Å². The monoisotopic (exact) mass is 226 g/mol. The average molecular weight is 226 g/mol. The molecule has 2 unspecified atom stereocenters. The third-order valence-electron chi connectivity index (χ3n) is 2.93.